The van der Waals surface area contributed by atoms with E-state index < -0.39 is 0 Å². The molecule has 2 aliphatic rings. The van der Waals surface area contributed by atoms with Crippen LogP contribution in [-0.4, -0.2) is 12.6 Å². The Bertz CT molecular complexity index is 538. The van der Waals surface area contributed by atoms with E-state index in [1.807, 2.05) is 0 Å². The first kappa shape index (κ1) is 19.3. The van der Waals surface area contributed by atoms with E-state index in [1.54, 1.807) is 11.1 Å². The summed E-state index contributed by atoms with van der Waals surface area (Å²) in [5.74, 6) is 0.618. The lowest BCUT2D eigenvalue weighted by Crippen LogP contribution is -2.45. The van der Waals surface area contributed by atoms with Gasteiger partial charge in [-0.05, 0) is 75.2 Å². The summed E-state index contributed by atoms with van der Waals surface area (Å²) >= 11 is 0. The zero-order valence-electron chi connectivity index (χ0n) is 16.6. The molecular formula is C22H36O2. The summed E-state index contributed by atoms with van der Waals surface area (Å²) in [4.78, 5) is 10.9. The maximum Gasteiger partial charge on any atom is 0.302 e. The maximum absolute atomic E-state index is 10.9. The SMILES string of the molecule is CC(=O)OC/C=C(\C)CCC1=C(C)CC[C@@H]2C(C)(C)CCC[C@@]12C. The molecule has 1 fully saturated rings. The fraction of sp³-hybridized carbons (Fsp3) is 0.773. The van der Waals surface area contributed by atoms with Crippen LogP contribution >= 0.6 is 0 Å². The smallest absolute Gasteiger partial charge is 0.302 e. The monoisotopic (exact) mass is 332 g/mol. The molecule has 2 heteroatoms. The van der Waals surface area contributed by atoms with E-state index in [0.29, 0.717) is 17.4 Å². The summed E-state index contributed by atoms with van der Waals surface area (Å²) in [6.45, 7) is 13.9. The van der Waals surface area contributed by atoms with E-state index in [4.69, 9.17) is 4.74 Å². The summed E-state index contributed by atoms with van der Waals surface area (Å²) in [6, 6.07) is 0. The first-order valence-electron chi connectivity index (χ1n) is 9.65. The van der Waals surface area contributed by atoms with Gasteiger partial charge in [0.2, 0.25) is 0 Å². The van der Waals surface area contributed by atoms with E-state index in [-0.39, 0.29) is 5.97 Å². The molecule has 0 aromatic carbocycles. The summed E-state index contributed by atoms with van der Waals surface area (Å²) < 4.78 is 5.03. The average Bonchev–Trinajstić information content (AvgIpc) is 2.45. The molecule has 2 nitrogen and oxygen atoms in total. The Kier molecular flexibility index (Phi) is 5.99. The molecule has 0 heterocycles. The van der Waals surface area contributed by atoms with Gasteiger partial charge in [0.25, 0.3) is 0 Å². The minimum atomic E-state index is -0.204. The highest BCUT2D eigenvalue weighted by atomic mass is 16.5. The fourth-order valence-corrected chi connectivity index (χ4v) is 5.42. The third-order valence-electron chi connectivity index (χ3n) is 6.73. The number of rotatable bonds is 5. The maximum atomic E-state index is 10.9. The highest BCUT2D eigenvalue weighted by Gasteiger charge is 2.49. The van der Waals surface area contributed by atoms with Crippen molar-refractivity contribution in [3.05, 3.63) is 22.8 Å². The van der Waals surface area contributed by atoms with E-state index in [1.165, 1.54) is 44.6 Å². The first-order chi connectivity index (χ1) is 11.2. The second-order valence-electron chi connectivity index (χ2n) is 8.96. The molecule has 0 bridgehead atoms. The topological polar surface area (TPSA) is 26.3 Å². The summed E-state index contributed by atoms with van der Waals surface area (Å²) in [5, 5.41) is 0. The minimum Gasteiger partial charge on any atom is -0.462 e. The van der Waals surface area contributed by atoms with Crippen molar-refractivity contribution in [3.8, 4) is 0 Å². The van der Waals surface area contributed by atoms with Gasteiger partial charge in [-0.25, -0.2) is 0 Å². The average molecular weight is 333 g/mol. The van der Waals surface area contributed by atoms with Crippen LogP contribution in [0, 0.1) is 16.7 Å². The molecule has 0 aromatic heterocycles. The predicted octanol–water partition coefficient (Wildman–Crippen LogP) is 6.22. The van der Waals surface area contributed by atoms with Crippen LogP contribution in [0.2, 0.25) is 0 Å². The Morgan fingerprint density at radius 3 is 2.62 bits per heavy atom. The van der Waals surface area contributed by atoms with Crippen LogP contribution in [0.25, 0.3) is 0 Å². The molecule has 0 saturated heterocycles. The molecule has 0 radical (unpaired) electrons. The lowest BCUT2D eigenvalue weighted by atomic mass is 9.50. The number of carbonyl (C=O) groups excluding carboxylic acids is 1. The molecule has 2 rings (SSSR count). The van der Waals surface area contributed by atoms with E-state index in [9.17, 15) is 4.79 Å². The molecule has 0 aromatic rings. The normalized spacial score (nSPS) is 30.1. The summed E-state index contributed by atoms with van der Waals surface area (Å²) in [7, 11) is 0. The molecule has 0 aliphatic heterocycles. The molecule has 0 N–H and O–H groups in total. The van der Waals surface area contributed by atoms with Gasteiger partial charge in [-0.3, -0.25) is 4.79 Å². The molecule has 0 amide bonds. The van der Waals surface area contributed by atoms with Crippen LogP contribution in [-0.2, 0) is 9.53 Å². The Hall–Kier alpha value is -1.05. The quantitative estimate of drug-likeness (QED) is 0.441. The summed E-state index contributed by atoms with van der Waals surface area (Å²) in [5.41, 5.74) is 5.56. The van der Waals surface area contributed by atoms with Crippen molar-refractivity contribution in [2.75, 3.05) is 6.61 Å². The van der Waals surface area contributed by atoms with Crippen LogP contribution in [0.5, 0.6) is 0 Å². The summed E-state index contributed by atoms with van der Waals surface area (Å²) in [6.07, 6.45) is 11.0. The van der Waals surface area contributed by atoms with Gasteiger partial charge in [-0.1, -0.05) is 43.9 Å². The van der Waals surface area contributed by atoms with Crippen LogP contribution in [0.15, 0.2) is 22.8 Å². The molecule has 136 valence electrons. The Labute approximate surface area is 148 Å². The number of allylic oxidation sites excluding steroid dienone is 3. The van der Waals surface area contributed by atoms with Gasteiger partial charge in [0.1, 0.15) is 6.61 Å². The molecule has 24 heavy (non-hydrogen) atoms. The number of carbonyl (C=O) groups is 1. The van der Waals surface area contributed by atoms with Gasteiger partial charge in [-0.2, -0.15) is 0 Å². The largest absolute Gasteiger partial charge is 0.462 e. The molecule has 0 unspecified atom stereocenters. The lowest BCUT2D eigenvalue weighted by Gasteiger charge is -2.55. The zero-order valence-corrected chi connectivity index (χ0v) is 16.6. The van der Waals surface area contributed by atoms with E-state index in [0.717, 1.165) is 18.8 Å². The van der Waals surface area contributed by atoms with Crippen LogP contribution in [0.3, 0.4) is 0 Å². The zero-order chi connectivity index (χ0) is 18.0. The third-order valence-corrected chi connectivity index (χ3v) is 6.73. The highest BCUT2D eigenvalue weighted by molar-refractivity contribution is 5.66. The standard InChI is InChI=1S/C22H36O2/c1-16(12-15-24-18(3)23)8-10-19-17(2)9-11-20-21(4,5)13-7-14-22(19,20)6/h12,20H,7-11,13-15H2,1-6H3/b16-12+/t20-,22+/m1/s1. The number of fused-ring (bicyclic) bond motifs is 1. The van der Waals surface area contributed by atoms with Crippen molar-refractivity contribution in [2.45, 2.75) is 86.5 Å². The second-order valence-corrected chi connectivity index (χ2v) is 8.96. The van der Waals surface area contributed by atoms with Gasteiger partial charge < -0.3 is 4.74 Å². The number of hydrogen-bond acceptors (Lipinski definition) is 2. The van der Waals surface area contributed by atoms with Crippen LogP contribution < -0.4 is 0 Å². The van der Waals surface area contributed by atoms with E-state index in [2.05, 4.69) is 40.7 Å². The third kappa shape index (κ3) is 4.13. The van der Waals surface area contributed by atoms with Crippen molar-refractivity contribution >= 4 is 5.97 Å². The first-order valence-corrected chi connectivity index (χ1v) is 9.65. The highest BCUT2D eigenvalue weighted by Crippen LogP contribution is 2.60. The van der Waals surface area contributed by atoms with Crippen molar-refractivity contribution in [2.24, 2.45) is 16.7 Å². The van der Waals surface area contributed by atoms with Gasteiger partial charge in [-0.15, -0.1) is 0 Å². The lowest BCUT2D eigenvalue weighted by molar-refractivity contribution is -0.139. The minimum absolute atomic E-state index is 0.204. The van der Waals surface area contributed by atoms with Crippen LogP contribution in [0.1, 0.15) is 86.5 Å². The fourth-order valence-electron chi connectivity index (χ4n) is 5.42. The van der Waals surface area contributed by atoms with Crippen molar-refractivity contribution in [1.82, 2.24) is 0 Å². The predicted molar refractivity (Wildman–Crippen MR) is 101 cm³/mol. The van der Waals surface area contributed by atoms with Gasteiger partial charge in [0.05, 0.1) is 0 Å². The van der Waals surface area contributed by atoms with Gasteiger partial charge >= 0.3 is 5.97 Å². The Balaban J connectivity index is 2.09. The number of hydrogen-bond donors (Lipinski definition) is 0. The number of ether oxygens (including phenoxy) is 1. The Morgan fingerprint density at radius 1 is 1.25 bits per heavy atom. The molecule has 0 spiro atoms. The van der Waals surface area contributed by atoms with Crippen molar-refractivity contribution in [1.29, 1.82) is 0 Å². The molecule has 1 saturated carbocycles. The van der Waals surface area contributed by atoms with E-state index >= 15 is 0 Å². The van der Waals surface area contributed by atoms with Crippen LogP contribution in [0.4, 0.5) is 0 Å². The molecule has 2 atom stereocenters. The number of esters is 1. The van der Waals surface area contributed by atoms with Crippen molar-refractivity contribution in [3.63, 3.8) is 0 Å². The molecular weight excluding hydrogens is 296 g/mol. The van der Waals surface area contributed by atoms with Gasteiger partial charge in [0.15, 0.2) is 0 Å². The van der Waals surface area contributed by atoms with Crippen molar-refractivity contribution < 1.29 is 9.53 Å². The van der Waals surface area contributed by atoms with Gasteiger partial charge in [0, 0.05) is 6.92 Å². The Morgan fingerprint density at radius 2 is 1.96 bits per heavy atom. The second kappa shape index (κ2) is 7.45. The molecule has 2 aliphatic carbocycles.